The van der Waals surface area contributed by atoms with Gasteiger partial charge in [0.15, 0.2) is 0 Å². The van der Waals surface area contributed by atoms with Gasteiger partial charge in [0, 0.05) is 18.3 Å². The van der Waals surface area contributed by atoms with E-state index in [-0.39, 0.29) is 5.91 Å². The molecular weight excluding hydrogens is 336 g/mol. The first-order valence-corrected chi connectivity index (χ1v) is 9.45. The number of benzene rings is 2. The fraction of sp³-hybridized carbons (Fsp3) is 0.273. The maximum atomic E-state index is 12.5. The van der Waals surface area contributed by atoms with Gasteiger partial charge in [0.25, 0.3) is 5.91 Å². The third-order valence-electron chi connectivity index (χ3n) is 4.90. The van der Waals surface area contributed by atoms with Gasteiger partial charge in [0.2, 0.25) is 0 Å². The summed E-state index contributed by atoms with van der Waals surface area (Å²) in [6.07, 6.45) is 6.12. The Kier molecular flexibility index (Phi) is 5.30. The molecule has 1 saturated heterocycles. The van der Waals surface area contributed by atoms with Crippen LogP contribution in [0.5, 0.6) is 0 Å². The Hall–Kier alpha value is -2.92. The maximum absolute atomic E-state index is 12.5. The molecule has 5 heteroatoms. The van der Waals surface area contributed by atoms with E-state index in [0.717, 1.165) is 6.54 Å². The van der Waals surface area contributed by atoms with Crippen LogP contribution in [-0.2, 0) is 13.1 Å². The molecule has 0 aliphatic carbocycles. The molecule has 0 unspecified atom stereocenters. The Morgan fingerprint density at radius 1 is 0.926 bits per heavy atom. The minimum Gasteiger partial charge on any atom is -0.319 e. The van der Waals surface area contributed by atoms with Crippen LogP contribution in [0.25, 0.3) is 0 Å². The summed E-state index contributed by atoms with van der Waals surface area (Å²) in [5.41, 5.74) is 3.80. The summed E-state index contributed by atoms with van der Waals surface area (Å²) in [5, 5.41) is 7.25. The molecule has 4 rings (SSSR count). The Bertz CT molecular complexity index is 880. The molecule has 1 N–H and O–H groups in total. The molecule has 5 nitrogen and oxygen atoms in total. The maximum Gasteiger partial charge on any atom is 0.255 e. The average molecular weight is 360 g/mol. The number of carbonyl (C=O) groups excluding carboxylic acids is 1. The van der Waals surface area contributed by atoms with Gasteiger partial charge in [0.05, 0.1) is 18.4 Å². The highest BCUT2D eigenvalue weighted by Gasteiger charge is 2.12. The Morgan fingerprint density at radius 3 is 2.37 bits per heavy atom. The predicted octanol–water partition coefficient (Wildman–Crippen LogP) is 3.78. The molecule has 0 atom stereocenters. The van der Waals surface area contributed by atoms with E-state index in [9.17, 15) is 4.79 Å². The number of rotatable bonds is 6. The molecule has 138 valence electrons. The van der Waals surface area contributed by atoms with Gasteiger partial charge in [-0.2, -0.15) is 5.10 Å². The number of anilines is 1. The van der Waals surface area contributed by atoms with Crippen LogP contribution in [-0.4, -0.2) is 33.7 Å². The molecule has 27 heavy (non-hydrogen) atoms. The SMILES string of the molecule is O=C(Nc1cnn(Cc2ccccc2)c1)c1ccc(CN2CCCC2)cc1. The third-order valence-corrected chi connectivity index (χ3v) is 4.90. The second kappa shape index (κ2) is 8.18. The van der Waals surface area contributed by atoms with E-state index in [1.165, 1.54) is 37.1 Å². The molecule has 2 aromatic carbocycles. The van der Waals surface area contributed by atoms with Crippen LogP contribution in [0.4, 0.5) is 5.69 Å². The minimum atomic E-state index is -0.109. The topological polar surface area (TPSA) is 50.2 Å². The Balaban J connectivity index is 1.34. The highest BCUT2D eigenvalue weighted by atomic mass is 16.1. The van der Waals surface area contributed by atoms with Gasteiger partial charge in [-0.25, -0.2) is 0 Å². The van der Waals surface area contributed by atoms with Crippen molar-refractivity contribution in [3.63, 3.8) is 0 Å². The summed E-state index contributed by atoms with van der Waals surface area (Å²) in [5.74, 6) is -0.109. The highest BCUT2D eigenvalue weighted by Crippen LogP contribution is 2.15. The summed E-state index contributed by atoms with van der Waals surface area (Å²) < 4.78 is 1.82. The summed E-state index contributed by atoms with van der Waals surface area (Å²) in [4.78, 5) is 14.9. The van der Waals surface area contributed by atoms with Crippen molar-refractivity contribution in [2.24, 2.45) is 0 Å². The molecule has 1 amide bonds. The summed E-state index contributed by atoms with van der Waals surface area (Å²) in [6, 6.07) is 18.0. The first kappa shape index (κ1) is 17.5. The van der Waals surface area contributed by atoms with Crippen LogP contribution in [0.1, 0.15) is 34.3 Å². The van der Waals surface area contributed by atoms with Crippen molar-refractivity contribution >= 4 is 11.6 Å². The molecule has 0 saturated carbocycles. The van der Waals surface area contributed by atoms with Crippen molar-refractivity contribution in [3.8, 4) is 0 Å². The fourth-order valence-corrected chi connectivity index (χ4v) is 3.45. The predicted molar refractivity (Wildman–Crippen MR) is 107 cm³/mol. The lowest BCUT2D eigenvalue weighted by Gasteiger charge is -2.14. The molecule has 2 heterocycles. The molecule has 1 fully saturated rings. The number of aromatic nitrogens is 2. The highest BCUT2D eigenvalue weighted by molar-refractivity contribution is 6.04. The van der Waals surface area contributed by atoms with Gasteiger partial charge < -0.3 is 5.32 Å². The number of hydrogen-bond acceptors (Lipinski definition) is 3. The van der Waals surface area contributed by atoms with E-state index in [4.69, 9.17) is 0 Å². The lowest BCUT2D eigenvalue weighted by Crippen LogP contribution is -2.18. The van der Waals surface area contributed by atoms with Crippen molar-refractivity contribution in [3.05, 3.63) is 83.7 Å². The van der Waals surface area contributed by atoms with Gasteiger partial charge >= 0.3 is 0 Å². The standard InChI is InChI=1S/C22H24N4O/c27-22(20-10-8-19(9-11-20)15-25-12-4-5-13-25)24-21-14-23-26(17-21)16-18-6-2-1-3-7-18/h1-3,6-11,14,17H,4-5,12-13,15-16H2,(H,24,27). The van der Waals surface area contributed by atoms with Crippen molar-refractivity contribution in [1.29, 1.82) is 0 Å². The first-order chi connectivity index (χ1) is 13.3. The van der Waals surface area contributed by atoms with Crippen LogP contribution in [0.3, 0.4) is 0 Å². The second-order valence-electron chi connectivity index (χ2n) is 7.05. The number of hydrogen-bond donors (Lipinski definition) is 1. The van der Waals surface area contributed by atoms with Gasteiger partial charge in [-0.05, 0) is 49.2 Å². The van der Waals surface area contributed by atoms with E-state index >= 15 is 0 Å². The summed E-state index contributed by atoms with van der Waals surface area (Å²) in [6.45, 7) is 4.00. The van der Waals surface area contributed by atoms with Gasteiger partial charge in [-0.3, -0.25) is 14.4 Å². The number of likely N-dealkylation sites (tertiary alicyclic amines) is 1. The molecular formula is C22H24N4O. The molecule has 3 aromatic rings. The molecule has 1 aliphatic heterocycles. The fourth-order valence-electron chi connectivity index (χ4n) is 3.45. The zero-order valence-electron chi connectivity index (χ0n) is 15.3. The van der Waals surface area contributed by atoms with Crippen molar-refractivity contribution < 1.29 is 4.79 Å². The Morgan fingerprint density at radius 2 is 1.63 bits per heavy atom. The zero-order chi connectivity index (χ0) is 18.5. The lowest BCUT2D eigenvalue weighted by atomic mass is 10.1. The van der Waals surface area contributed by atoms with Crippen LogP contribution in [0.15, 0.2) is 67.0 Å². The molecule has 1 aromatic heterocycles. The summed E-state index contributed by atoms with van der Waals surface area (Å²) in [7, 11) is 0. The van der Waals surface area contributed by atoms with Crippen LogP contribution in [0.2, 0.25) is 0 Å². The van der Waals surface area contributed by atoms with Crippen molar-refractivity contribution in [1.82, 2.24) is 14.7 Å². The number of nitrogens with zero attached hydrogens (tertiary/aromatic N) is 3. The van der Waals surface area contributed by atoms with Crippen molar-refractivity contribution in [2.45, 2.75) is 25.9 Å². The number of nitrogens with one attached hydrogen (secondary N) is 1. The van der Waals surface area contributed by atoms with E-state index in [1.54, 1.807) is 6.20 Å². The normalized spacial score (nSPS) is 14.4. The monoisotopic (exact) mass is 360 g/mol. The smallest absolute Gasteiger partial charge is 0.255 e. The van der Waals surface area contributed by atoms with Crippen LogP contribution < -0.4 is 5.32 Å². The lowest BCUT2D eigenvalue weighted by molar-refractivity contribution is 0.102. The first-order valence-electron chi connectivity index (χ1n) is 9.45. The van der Waals surface area contributed by atoms with Gasteiger partial charge in [-0.15, -0.1) is 0 Å². The Labute approximate surface area is 159 Å². The molecule has 0 bridgehead atoms. The van der Waals surface area contributed by atoms with E-state index in [2.05, 4.69) is 27.4 Å². The minimum absolute atomic E-state index is 0.109. The van der Waals surface area contributed by atoms with Gasteiger partial charge in [-0.1, -0.05) is 42.5 Å². The second-order valence-corrected chi connectivity index (χ2v) is 7.05. The molecule has 1 aliphatic rings. The molecule has 0 radical (unpaired) electrons. The summed E-state index contributed by atoms with van der Waals surface area (Å²) >= 11 is 0. The quantitative estimate of drug-likeness (QED) is 0.728. The van der Waals surface area contributed by atoms with Crippen LogP contribution in [0, 0.1) is 0 Å². The number of carbonyl (C=O) groups is 1. The average Bonchev–Trinajstić information content (AvgIpc) is 3.35. The molecule has 0 spiro atoms. The van der Waals surface area contributed by atoms with E-state index in [0.29, 0.717) is 17.8 Å². The van der Waals surface area contributed by atoms with Gasteiger partial charge in [0.1, 0.15) is 0 Å². The third kappa shape index (κ3) is 4.63. The number of amides is 1. The van der Waals surface area contributed by atoms with E-state index < -0.39 is 0 Å². The van der Waals surface area contributed by atoms with E-state index in [1.807, 2.05) is 53.3 Å². The van der Waals surface area contributed by atoms with Crippen LogP contribution >= 0.6 is 0 Å². The van der Waals surface area contributed by atoms with Crippen molar-refractivity contribution in [2.75, 3.05) is 18.4 Å². The largest absolute Gasteiger partial charge is 0.319 e. The zero-order valence-corrected chi connectivity index (χ0v) is 15.3.